The lowest BCUT2D eigenvalue weighted by molar-refractivity contribution is 0.305. The van der Waals surface area contributed by atoms with Gasteiger partial charge in [0, 0.05) is 37.6 Å². The number of nitrogens with one attached hydrogen (secondary N) is 3. The monoisotopic (exact) mass is 451 g/mol. The lowest BCUT2D eigenvalue weighted by Crippen LogP contribution is -2.18. The fraction of sp³-hybridized carbons (Fsp3) is 0.188. The standard InChI is InChI=1S/C16H15BrFN7O3/c1-25-7-10(20-13(25)8-26)4-5-19-15-14(23-28-24-15)16(22-27)21-9-2-3-12(18)11(17)6-9/h2-3,6-7,20,27H,4-5H2,1H3,(H,19,24)(H,21,22). The fourth-order valence-electron chi connectivity index (χ4n) is 2.41. The molecule has 146 valence electrons. The molecule has 3 rings (SSSR count). The van der Waals surface area contributed by atoms with E-state index in [0.717, 1.165) is 5.70 Å². The van der Waals surface area contributed by atoms with Gasteiger partial charge < -0.3 is 26.1 Å². The summed E-state index contributed by atoms with van der Waals surface area (Å²) in [4.78, 5) is 12.4. The predicted molar refractivity (Wildman–Crippen MR) is 102 cm³/mol. The number of anilines is 2. The van der Waals surface area contributed by atoms with Crippen LogP contribution in [0, 0.1) is 5.82 Å². The van der Waals surface area contributed by atoms with Gasteiger partial charge in [-0.25, -0.2) is 13.8 Å². The summed E-state index contributed by atoms with van der Waals surface area (Å²) in [5.41, 5.74) is 1.42. The summed E-state index contributed by atoms with van der Waals surface area (Å²) in [5.74, 6) is 1.93. The van der Waals surface area contributed by atoms with Crippen molar-refractivity contribution in [3.05, 3.63) is 51.9 Å². The molecular weight excluding hydrogens is 437 g/mol. The highest BCUT2D eigenvalue weighted by molar-refractivity contribution is 9.10. The first kappa shape index (κ1) is 19.4. The summed E-state index contributed by atoms with van der Waals surface area (Å²) in [6, 6.07) is 4.20. The SMILES string of the molecule is CN1C=C(CCNc2nonc2C(=NO)Nc2ccc(F)c(Br)c2)NC1=C=O. The maximum Gasteiger partial charge on any atom is 0.203 e. The summed E-state index contributed by atoms with van der Waals surface area (Å²) in [6.07, 6.45) is 2.32. The van der Waals surface area contributed by atoms with E-state index < -0.39 is 5.82 Å². The number of benzene rings is 1. The number of amidine groups is 1. The summed E-state index contributed by atoms with van der Waals surface area (Å²) in [5, 5.41) is 28.7. The highest BCUT2D eigenvalue weighted by Crippen LogP contribution is 2.21. The molecule has 0 atom stereocenters. The summed E-state index contributed by atoms with van der Waals surface area (Å²) >= 11 is 3.08. The van der Waals surface area contributed by atoms with Gasteiger partial charge in [0.1, 0.15) is 5.82 Å². The Bertz CT molecular complexity index is 984. The van der Waals surface area contributed by atoms with E-state index in [1.54, 1.807) is 24.1 Å². The zero-order valence-corrected chi connectivity index (χ0v) is 16.1. The lowest BCUT2D eigenvalue weighted by Gasteiger charge is -2.09. The van der Waals surface area contributed by atoms with Crippen molar-refractivity contribution in [2.75, 3.05) is 24.2 Å². The van der Waals surface area contributed by atoms with Crippen molar-refractivity contribution in [3.63, 3.8) is 0 Å². The highest BCUT2D eigenvalue weighted by Gasteiger charge is 2.19. The molecule has 12 heteroatoms. The van der Waals surface area contributed by atoms with Crippen molar-refractivity contribution in [3.8, 4) is 0 Å². The Morgan fingerprint density at radius 2 is 2.32 bits per heavy atom. The zero-order valence-electron chi connectivity index (χ0n) is 14.5. The smallest absolute Gasteiger partial charge is 0.203 e. The third kappa shape index (κ3) is 4.30. The first-order valence-electron chi connectivity index (χ1n) is 7.98. The number of oxime groups is 1. The first-order valence-corrected chi connectivity index (χ1v) is 8.77. The highest BCUT2D eigenvalue weighted by atomic mass is 79.9. The van der Waals surface area contributed by atoms with Gasteiger partial charge in [-0.1, -0.05) is 5.16 Å². The van der Waals surface area contributed by atoms with E-state index in [9.17, 15) is 14.4 Å². The third-order valence-corrected chi connectivity index (χ3v) is 4.37. The Kier molecular flexibility index (Phi) is 5.92. The normalized spacial score (nSPS) is 13.8. The van der Waals surface area contributed by atoms with Crippen LogP contribution in [0.2, 0.25) is 0 Å². The van der Waals surface area contributed by atoms with E-state index in [0.29, 0.717) is 24.5 Å². The van der Waals surface area contributed by atoms with Crippen LogP contribution < -0.4 is 16.0 Å². The number of hydrogen-bond acceptors (Lipinski definition) is 9. The molecule has 0 saturated heterocycles. The van der Waals surface area contributed by atoms with Gasteiger partial charge in [-0.15, -0.1) is 0 Å². The summed E-state index contributed by atoms with van der Waals surface area (Å²) in [7, 11) is 1.73. The van der Waals surface area contributed by atoms with E-state index >= 15 is 0 Å². The summed E-state index contributed by atoms with van der Waals surface area (Å²) in [6.45, 7) is 0.431. The van der Waals surface area contributed by atoms with Gasteiger partial charge in [-0.3, -0.25) is 0 Å². The average Bonchev–Trinajstić information content (AvgIpc) is 3.29. The van der Waals surface area contributed by atoms with Crippen LogP contribution >= 0.6 is 15.9 Å². The number of rotatable bonds is 6. The molecule has 0 bridgehead atoms. The van der Waals surface area contributed by atoms with Crippen LogP contribution in [0.15, 0.2) is 50.2 Å². The Labute approximate surface area is 166 Å². The molecule has 0 spiro atoms. The zero-order chi connectivity index (χ0) is 20.1. The van der Waals surface area contributed by atoms with Crippen molar-refractivity contribution in [1.82, 2.24) is 20.5 Å². The van der Waals surface area contributed by atoms with Crippen LogP contribution in [0.5, 0.6) is 0 Å². The molecule has 1 aliphatic rings. The van der Waals surface area contributed by atoms with Crippen LogP contribution in [0.4, 0.5) is 15.9 Å². The molecule has 1 aromatic heterocycles. The van der Waals surface area contributed by atoms with Gasteiger partial charge in [0.05, 0.1) is 4.47 Å². The Balaban J connectivity index is 1.64. The number of carbonyl (C=O) groups excluding carboxylic acids is 1. The second kappa shape index (κ2) is 8.55. The van der Waals surface area contributed by atoms with Crippen molar-refractivity contribution >= 4 is 39.2 Å². The van der Waals surface area contributed by atoms with E-state index in [-0.39, 0.29) is 21.8 Å². The van der Waals surface area contributed by atoms with Gasteiger partial charge in [0.15, 0.2) is 17.5 Å². The van der Waals surface area contributed by atoms with Crippen LogP contribution in [-0.4, -0.2) is 45.8 Å². The molecule has 2 aromatic rings. The van der Waals surface area contributed by atoms with Crippen LogP contribution in [0.3, 0.4) is 0 Å². The van der Waals surface area contributed by atoms with Gasteiger partial charge in [-0.2, -0.15) is 0 Å². The minimum atomic E-state index is -0.424. The fourth-order valence-corrected chi connectivity index (χ4v) is 2.79. The maximum atomic E-state index is 13.4. The van der Waals surface area contributed by atoms with Gasteiger partial charge in [0.25, 0.3) is 0 Å². The van der Waals surface area contributed by atoms with Crippen LogP contribution in [0.1, 0.15) is 12.1 Å². The van der Waals surface area contributed by atoms with Gasteiger partial charge in [-0.05, 0) is 44.4 Å². The quantitative estimate of drug-likeness (QED) is 0.171. The van der Waals surface area contributed by atoms with Crippen LogP contribution in [0.25, 0.3) is 0 Å². The molecule has 0 amide bonds. The molecule has 28 heavy (non-hydrogen) atoms. The van der Waals surface area contributed by atoms with Crippen molar-refractivity contribution in [1.29, 1.82) is 0 Å². The Morgan fingerprint density at radius 1 is 1.50 bits per heavy atom. The molecule has 4 N–H and O–H groups in total. The van der Waals surface area contributed by atoms with Crippen LogP contribution in [-0.2, 0) is 4.79 Å². The second-order valence-electron chi connectivity index (χ2n) is 5.68. The van der Waals surface area contributed by atoms with E-state index in [4.69, 9.17) is 4.63 Å². The van der Waals surface area contributed by atoms with E-state index in [2.05, 4.69) is 47.3 Å². The molecule has 1 aliphatic heterocycles. The predicted octanol–water partition coefficient (Wildman–Crippen LogP) is 2.07. The van der Waals surface area contributed by atoms with E-state index in [1.807, 2.05) is 0 Å². The minimum Gasteiger partial charge on any atom is -0.409 e. The number of nitrogens with zero attached hydrogens (tertiary/aromatic N) is 4. The molecule has 0 unspecified atom stereocenters. The largest absolute Gasteiger partial charge is 0.409 e. The van der Waals surface area contributed by atoms with Crippen molar-refractivity contribution < 1.29 is 19.0 Å². The molecule has 10 nitrogen and oxygen atoms in total. The lowest BCUT2D eigenvalue weighted by atomic mass is 10.3. The molecule has 0 aliphatic carbocycles. The van der Waals surface area contributed by atoms with Crippen molar-refractivity contribution in [2.45, 2.75) is 6.42 Å². The number of aromatic nitrogens is 2. The number of hydrogen-bond donors (Lipinski definition) is 4. The van der Waals surface area contributed by atoms with Gasteiger partial charge in [0.2, 0.25) is 11.7 Å². The minimum absolute atomic E-state index is 0.0358. The molecule has 0 radical (unpaired) electrons. The second-order valence-corrected chi connectivity index (χ2v) is 6.54. The molecule has 2 heterocycles. The van der Waals surface area contributed by atoms with Gasteiger partial charge >= 0.3 is 0 Å². The maximum absolute atomic E-state index is 13.4. The van der Waals surface area contributed by atoms with E-state index in [1.165, 1.54) is 18.2 Å². The average molecular weight is 452 g/mol. The first-order chi connectivity index (χ1) is 13.5. The third-order valence-electron chi connectivity index (χ3n) is 3.76. The Hall–Kier alpha value is -3.37. The Morgan fingerprint density at radius 3 is 3.00 bits per heavy atom. The molecule has 0 fully saturated rings. The molecular formula is C16H15BrFN7O3. The molecule has 0 saturated carbocycles. The summed E-state index contributed by atoms with van der Waals surface area (Å²) < 4.78 is 18.3. The van der Waals surface area contributed by atoms with Crippen molar-refractivity contribution in [2.24, 2.45) is 5.16 Å². The number of halogens is 2. The topological polar surface area (TPSA) is 128 Å². The molecule has 1 aromatic carbocycles.